The summed E-state index contributed by atoms with van der Waals surface area (Å²) in [4.78, 5) is 2.48. The third-order valence-electron chi connectivity index (χ3n) is 3.44. The van der Waals surface area contributed by atoms with E-state index in [0.717, 1.165) is 37.2 Å². The number of unbranched alkanes of at least 4 members (excludes halogenated alkanes) is 1. The van der Waals surface area contributed by atoms with Gasteiger partial charge in [-0.15, -0.1) is 0 Å². The van der Waals surface area contributed by atoms with Crippen molar-refractivity contribution in [3.63, 3.8) is 0 Å². The summed E-state index contributed by atoms with van der Waals surface area (Å²) in [6, 6.07) is 0.469. The van der Waals surface area contributed by atoms with Gasteiger partial charge in [-0.25, -0.2) is 8.42 Å². The van der Waals surface area contributed by atoms with E-state index < -0.39 is 9.84 Å². The second kappa shape index (κ2) is 6.30. The number of nitrogen functional groups attached to an aromatic ring is 1. The molecule has 0 spiro atoms. The molecule has 2 N–H and O–H groups in total. The molecule has 0 amide bonds. The minimum atomic E-state index is -3.32. The van der Waals surface area contributed by atoms with E-state index in [2.05, 4.69) is 16.2 Å². The summed E-state index contributed by atoms with van der Waals surface area (Å²) in [5.41, 5.74) is 5.84. The summed E-state index contributed by atoms with van der Waals surface area (Å²) >= 11 is 1.23. The molecule has 1 fully saturated rings. The second-order valence-corrected chi connectivity index (χ2v) is 8.10. The van der Waals surface area contributed by atoms with Crippen LogP contribution in [0, 0.1) is 0 Å². The third-order valence-corrected chi connectivity index (χ3v) is 6.44. The molecule has 114 valence electrons. The fraction of sp³-hybridized carbons (Fsp3) is 0.769. The van der Waals surface area contributed by atoms with Crippen LogP contribution in [0.15, 0.2) is 4.90 Å². The molecular weight excluding hydrogens is 294 g/mol. The average molecular weight is 317 g/mol. The van der Waals surface area contributed by atoms with Gasteiger partial charge in [0.25, 0.3) is 0 Å². The molecule has 0 saturated heterocycles. The van der Waals surface area contributed by atoms with Crippen LogP contribution in [0.4, 0.5) is 10.8 Å². The molecule has 1 aliphatic rings. The Hall–Kier alpha value is -0.820. The first kappa shape index (κ1) is 15.6. The molecule has 5 nitrogen and oxygen atoms in total. The molecule has 0 bridgehead atoms. The maximum absolute atomic E-state index is 12.4. The highest BCUT2D eigenvalue weighted by molar-refractivity contribution is 7.91. The van der Waals surface area contributed by atoms with Crippen molar-refractivity contribution in [2.45, 2.75) is 56.9 Å². The zero-order valence-electron chi connectivity index (χ0n) is 12.1. The quantitative estimate of drug-likeness (QED) is 0.797. The highest BCUT2D eigenvalue weighted by Crippen LogP contribution is 2.41. The predicted octanol–water partition coefficient (Wildman–Crippen LogP) is 2.68. The van der Waals surface area contributed by atoms with Crippen molar-refractivity contribution in [2.24, 2.45) is 0 Å². The molecule has 0 atom stereocenters. The third kappa shape index (κ3) is 3.25. The van der Waals surface area contributed by atoms with E-state index in [4.69, 9.17) is 5.73 Å². The minimum absolute atomic E-state index is 0.134. The Morgan fingerprint density at radius 2 is 2.05 bits per heavy atom. The van der Waals surface area contributed by atoms with Crippen LogP contribution in [0.5, 0.6) is 0 Å². The van der Waals surface area contributed by atoms with E-state index in [1.165, 1.54) is 11.5 Å². The van der Waals surface area contributed by atoms with Crippen molar-refractivity contribution in [1.29, 1.82) is 0 Å². The van der Waals surface area contributed by atoms with Crippen molar-refractivity contribution in [2.75, 3.05) is 22.9 Å². The number of aromatic nitrogens is 1. The van der Waals surface area contributed by atoms with Gasteiger partial charge in [0.2, 0.25) is 0 Å². The van der Waals surface area contributed by atoms with E-state index in [1.807, 2.05) is 6.92 Å². The lowest BCUT2D eigenvalue weighted by Crippen LogP contribution is -2.27. The minimum Gasteiger partial charge on any atom is -0.382 e. The van der Waals surface area contributed by atoms with Crippen LogP contribution in [0.1, 0.15) is 46.0 Å². The van der Waals surface area contributed by atoms with Gasteiger partial charge in [-0.1, -0.05) is 20.3 Å². The maximum atomic E-state index is 12.4. The van der Waals surface area contributed by atoms with Gasteiger partial charge in [0, 0.05) is 12.6 Å². The summed E-state index contributed by atoms with van der Waals surface area (Å²) < 4.78 is 28.9. The zero-order chi connectivity index (χ0) is 14.8. The first-order valence-corrected chi connectivity index (χ1v) is 9.68. The number of nitrogens with zero attached hydrogens (tertiary/aromatic N) is 2. The first-order valence-electron chi connectivity index (χ1n) is 7.25. The SMILES string of the molecule is CCCCN(c1snc(N)c1S(=O)(=O)CCC)C1CC1. The smallest absolute Gasteiger partial charge is 0.185 e. The molecular formula is C13H23N3O2S2. The Morgan fingerprint density at radius 1 is 1.35 bits per heavy atom. The van der Waals surface area contributed by atoms with Crippen LogP contribution < -0.4 is 10.6 Å². The number of nitrogens with two attached hydrogens (primary N) is 1. The summed E-state index contributed by atoms with van der Waals surface area (Å²) in [6.07, 6.45) is 5.01. The average Bonchev–Trinajstić information content (AvgIpc) is 3.13. The van der Waals surface area contributed by atoms with Crippen LogP contribution in [0.3, 0.4) is 0 Å². The topological polar surface area (TPSA) is 76.3 Å². The molecule has 0 aliphatic heterocycles. The number of hydrogen-bond acceptors (Lipinski definition) is 6. The Morgan fingerprint density at radius 3 is 2.60 bits per heavy atom. The van der Waals surface area contributed by atoms with Crippen molar-refractivity contribution < 1.29 is 8.42 Å². The molecule has 0 radical (unpaired) electrons. The van der Waals surface area contributed by atoms with Crippen molar-refractivity contribution >= 4 is 32.2 Å². The van der Waals surface area contributed by atoms with E-state index in [9.17, 15) is 8.42 Å². The highest BCUT2D eigenvalue weighted by Gasteiger charge is 2.35. The van der Waals surface area contributed by atoms with Gasteiger partial charge in [-0.3, -0.25) is 0 Å². The van der Waals surface area contributed by atoms with Crippen LogP contribution >= 0.6 is 11.5 Å². The van der Waals surface area contributed by atoms with Crippen LogP contribution in [0.25, 0.3) is 0 Å². The highest BCUT2D eigenvalue weighted by atomic mass is 32.2. The molecule has 1 heterocycles. The molecule has 0 unspecified atom stereocenters. The van der Waals surface area contributed by atoms with Crippen LogP contribution in [0.2, 0.25) is 0 Å². The number of sulfone groups is 1. The van der Waals surface area contributed by atoms with Crippen molar-refractivity contribution in [1.82, 2.24) is 4.37 Å². The lowest BCUT2D eigenvalue weighted by Gasteiger charge is -2.23. The molecule has 1 aromatic rings. The van der Waals surface area contributed by atoms with Gasteiger partial charge in [0.05, 0.1) is 5.75 Å². The van der Waals surface area contributed by atoms with Crippen molar-refractivity contribution in [3.8, 4) is 0 Å². The number of anilines is 2. The van der Waals surface area contributed by atoms with Gasteiger partial charge >= 0.3 is 0 Å². The molecule has 1 aromatic heterocycles. The lowest BCUT2D eigenvalue weighted by molar-refractivity contribution is 0.594. The second-order valence-electron chi connectivity index (χ2n) is 5.30. The molecule has 2 rings (SSSR count). The Balaban J connectivity index is 2.36. The Kier molecular flexibility index (Phi) is 4.90. The number of rotatable bonds is 8. The van der Waals surface area contributed by atoms with E-state index in [1.54, 1.807) is 0 Å². The molecule has 7 heteroatoms. The van der Waals surface area contributed by atoms with E-state index in [0.29, 0.717) is 12.5 Å². The van der Waals surface area contributed by atoms with Crippen molar-refractivity contribution in [3.05, 3.63) is 0 Å². The fourth-order valence-electron chi connectivity index (χ4n) is 2.30. The summed E-state index contributed by atoms with van der Waals surface area (Å²) in [5, 5.41) is 0.756. The molecule has 20 heavy (non-hydrogen) atoms. The van der Waals surface area contributed by atoms with Gasteiger partial charge in [0.15, 0.2) is 15.7 Å². The van der Waals surface area contributed by atoms with Gasteiger partial charge < -0.3 is 10.6 Å². The standard InChI is InChI=1S/C13H23N3O2S2/c1-3-5-8-16(10-6-7-10)13-11(12(14)15-19-13)20(17,18)9-4-2/h10H,3-9H2,1-2H3,(H2,14,15). The van der Waals surface area contributed by atoms with Gasteiger partial charge in [-0.05, 0) is 37.2 Å². The van der Waals surface area contributed by atoms with Gasteiger partial charge in [-0.2, -0.15) is 4.37 Å². The summed E-state index contributed by atoms with van der Waals surface area (Å²) in [7, 11) is -3.32. The first-order chi connectivity index (χ1) is 9.51. The van der Waals surface area contributed by atoms with E-state index >= 15 is 0 Å². The summed E-state index contributed by atoms with van der Waals surface area (Å²) in [5.74, 6) is 0.301. The zero-order valence-corrected chi connectivity index (χ0v) is 13.8. The molecule has 0 aromatic carbocycles. The molecule has 1 aliphatic carbocycles. The van der Waals surface area contributed by atoms with E-state index in [-0.39, 0.29) is 16.5 Å². The monoisotopic (exact) mass is 317 g/mol. The fourth-order valence-corrected chi connectivity index (χ4v) is 5.14. The van der Waals surface area contributed by atoms with Gasteiger partial charge in [0.1, 0.15) is 9.90 Å². The predicted molar refractivity (Wildman–Crippen MR) is 84.1 cm³/mol. The normalized spacial score (nSPS) is 15.5. The largest absolute Gasteiger partial charge is 0.382 e. The Bertz CT molecular complexity index is 550. The van der Waals surface area contributed by atoms with Crippen LogP contribution in [-0.4, -0.2) is 31.1 Å². The Labute approximate surface area is 125 Å². The number of hydrogen-bond donors (Lipinski definition) is 1. The summed E-state index contributed by atoms with van der Waals surface area (Å²) in [6.45, 7) is 4.89. The molecule has 1 saturated carbocycles. The maximum Gasteiger partial charge on any atom is 0.185 e. The lowest BCUT2D eigenvalue weighted by atomic mass is 10.3. The van der Waals surface area contributed by atoms with Crippen LogP contribution in [-0.2, 0) is 9.84 Å².